The van der Waals surface area contributed by atoms with Crippen molar-refractivity contribution in [3.8, 4) is 22.2 Å². The molecule has 0 N–H and O–H groups in total. The third-order valence-corrected chi connectivity index (χ3v) is 7.51. The number of rotatable bonds is 6. The highest BCUT2D eigenvalue weighted by atomic mass is 32.2. The molecule has 0 saturated heterocycles. The van der Waals surface area contributed by atoms with Gasteiger partial charge in [0, 0.05) is 32.4 Å². The minimum Gasteiger partial charge on any atom is -0.378 e. The van der Waals surface area contributed by atoms with Crippen molar-refractivity contribution in [1.82, 2.24) is 10.1 Å². The van der Waals surface area contributed by atoms with Gasteiger partial charge in [-0.25, -0.2) is 8.42 Å². The molecule has 0 fully saturated rings. The molecular weight excluding hydrogens is 420 g/mol. The summed E-state index contributed by atoms with van der Waals surface area (Å²) in [5.41, 5.74) is 2.35. The van der Waals surface area contributed by atoms with Gasteiger partial charge in [0.25, 0.3) is 15.9 Å². The maximum Gasteiger partial charge on any atom is 0.269 e. The molecule has 2 aromatic heterocycles. The summed E-state index contributed by atoms with van der Waals surface area (Å²) in [7, 11) is 1.58. The van der Waals surface area contributed by atoms with Crippen molar-refractivity contribution in [2.75, 3.05) is 30.3 Å². The summed E-state index contributed by atoms with van der Waals surface area (Å²) in [6.07, 6.45) is 0. The fourth-order valence-electron chi connectivity index (χ4n) is 2.92. The van der Waals surface area contributed by atoms with Gasteiger partial charge in [0.05, 0.1) is 5.69 Å². The van der Waals surface area contributed by atoms with Crippen molar-refractivity contribution in [2.45, 2.75) is 4.90 Å². The molecule has 9 heteroatoms. The number of aromatic nitrogens is 2. The fraction of sp³-hybridized carbons (Fsp3) is 0.143. The number of anilines is 2. The van der Waals surface area contributed by atoms with Crippen LogP contribution in [0.2, 0.25) is 0 Å². The first kappa shape index (κ1) is 20.1. The van der Waals surface area contributed by atoms with Gasteiger partial charge in [0.15, 0.2) is 0 Å². The predicted octanol–water partition coefficient (Wildman–Crippen LogP) is 4.36. The van der Waals surface area contributed by atoms with Gasteiger partial charge in [-0.15, -0.1) is 11.3 Å². The highest BCUT2D eigenvalue weighted by Crippen LogP contribution is 2.35. The molecule has 0 atom stereocenters. The number of hydrogen-bond donors (Lipinski definition) is 0. The third kappa shape index (κ3) is 3.69. The molecule has 0 aliphatic rings. The number of nitrogens with zero attached hydrogens (tertiary/aromatic N) is 4. The second-order valence-corrected chi connectivity index (χ2v) is 9.64. The highest BCUT2D eigenvalue weighted by Gasteiger charge is 2.28. The maximum absolute atomic E-state index is 13.3. The number of hydrogen-bond acceptors (Lipinski definition) is 7. The van der Waals surface area contributed by atoms with Crippen molar-refractivity contribution >= 4 is 32.7 Å². The van der Waals surface area contributed by atoms with E-state index in [-0.39, 0.29) is 10.8 Å². The topological polar surface area (TPSA) is 79.5 Å². The molecular formula is C21H20N4O3S2. The van der Waals surface area contributed by atoms with Crippen LogP contribution in [0.5, 0.6) is 0 Å². The number of thiophene rings is 1. The van der Waals surface area contributed by atoms with E-state index >= 15 is 0 Å². The summed E-state index contributed by atoms with van der Waals surface area (Å²) in [4.78, 5) is 6.91. The third-order valence-electron chi connectivity index (χ3n) is 4.65. The first-order valence-electron chi connectivity index (χ1n) is 9.11. The van der Waals surface area contributed by atoms with Crippen LogP contribution in [0.15, 0.2) is 75.5 Å². The zero-order valence-electron chi connectivity index (χ0n) is 16.7. The van der Waals surface area contributed by atoms with Crippen molar-refractivity contribution < 1.29 is 12.9 Å². The Morgan fingerprint density at radius 1 is 0.900 bits per heavy atom. The number of benzene rings is 2. The van der Waals surface area contributed by atoms with Gasteiger partial charge in [-0.1, -0.05) is 35.5 Å². The molecule has 30 heavy (non-hydrogen) atoms. The van der Waals surface area contributed by atoms with E-state index in [2.05, 4.69) is 10.1 Å². The summed E-state index contributed by atoms with van der Waals surface area (Å²) in [6.45, 7) is 0. The predicted molar refractivity (Wildman–Crippen MR) is 119 cm³/mol. The van der Waals surface area contributed by atoms with Crippen LogP contribution in [-0.2, 0) is 10.0 Å². The van der Waals surface area contributed by atoms with Crippen LogP contribution in [0.1, 0.15) is 0 Å². The van der Waals surface area contributed by atoms with Gasteiger partial charge in [-0.05, 0) is 35.7 Å². The van der Waals surface area contributed by atoms with Crippen molar-refractivity contribution in [3.05, 3.63) is 66.0 Å². The fourth-order valence-corrected chi connectivity index (χ4v) is 5.43. The molecule has 0 aliphatic carbocycles. The molecule has 0 spiro atoms. The Morgan fingerprint density at radius 2 is 1.57 bits per heavy atom. The second kappa shape index (κ2) is 7.92. The molecule has 7 nitrogen and oxygen atoms in total. The highest BCUT2D eigenvalue weighted by molar-refractivity contribution is 7.93. The lowest BCUT2D eigenvalue weighted by atomic mass is 10.2. The number of sulfonamides is 1. The Bertz CT molecular complexity index is 1250. The smallest absolute Gasteiger partial charge is 0.269 e. The maximum atomic E-state index is 13.3. The van der Waals surface area contributed by atoms with Gasteiger partial charge in [0.1, 0.15) is 9.77 Å². The lowest BCUT2D eigenvalue weighted by molar-refractivity contribution is 0.432. The quantitative estimate of drug-likeness (QED) is 0.443. The minimum atomic E-state index is -3.81. The van der Waals surface area contributed by atoms with Crippen LogP contribution in [-0.4, -0.2) is 39.7 Å². The van der Waals surface area contributed by atoms with E-state index < -0.39 is 10.0 Å². The molecule has 154 valence electrons. The molecule has 0 saturated carbocycles. The van der Waals surface area contributed by atoms with Crippen LogP contribution in [0, 0.1) is 0 Å². The van der Waals surface area contributed by atoms with Crippen LogP contribution in [0.3, 0.4) is 0 Å². The van der Waals surface area contributed by atoms with Gasteiger partial charge < -0.3 is 9.42 Å². The van der Waals surface area contributed by atoms with Crippen molar-refractivity contribution in [1.29, 1.82) is 0 Å². The molecule has 0 unspecified atom stereocenters. The van der Waals surface area contributed by atoms with E-state index in [0.717, 1.165) is 11.3 Å². The molecule has 0 aliphatic heterocycles. The largest absolute Gasteiger partial charge is 0.378 e. The first-order chi connectivity index (χ1) is 14.4. The van der Waals surface area contributed by atoms with Crippen LogP contribution in [0.25, 0.3) is 22.2 Å². The van der Waals surface area contributed by atoms with E-state index in [9.17, 15) is 8.42 Å². The zero-order chi connectivity index (χ0) is 21.3. The SMILES string of the molecule is CN(C)c1ccc(N(C)S(=O)(=O)c2ccsc2-c2nc(-c3ccccc3)no2)cc1. The second-order valence-electron chi connectivity index (χ2n) is 6.79. The van der Waals surface area contributed by atoms with Gasteiger partial charge in [-0.2, -0.15) is 4.98 Å². The Hall–Kier alpha value is -3.17. The average Bonchev–Trinajstić information content (AvgIpc) is 3.43. The van der Waals surface area contributed by atoms with Crippen molar-refractivity contribution in [3.63, 3.8) is 0 Å². The Balaban J connectivity index is 1.67. The van der Waals surface area contributed by atoms with Crippen LogP contribution in [0.4, 0.5) is 11.4 Å². The zero-order valence-corrected chi connectivity index (χ0v) is 18.3. The van der Waals surface area contributed by atoms with E-state index in [1.807, 2.05) is 61.5 Å². The lowest BCUT2D eigenvalue weighted by Crippen LogP contribution is -2.26. The Labute approximate surface area is 179 Å². The van der Waals surface area contributed by atoms with Gasteiger partial charge >= 0.3 is 0 Å². The van der Waals surface area contributed by atoms with Gasteiger partial charge in [0.2, 0.25) is 5.82 Å². The van der Waals surface area contributed by atoms with Crippen LogP contribution < -0.4 is 9.21 Å². The van der Waals surface area contributed by atoms with E-state index in [4.69, 9.17) is 4.52 Å². The summed E-state index contributed by atoms with van der Waals surface area (Å²) >= 11 is 1.25. The summed E-state index contributed by atoms with van der Waals surface area (Å²) in [5.74, 6) is 0.591. The molecule has 0 bridgehead atoms. The minimum absolute atomic E-state index is 0.134. The molecule has 4 aromatic rings. The normalized spacial score (nSPS) is 11.4. The Kier molecular flexibility index (Phi) is 5.31. The standard InChI is InChI=1S/C21H20N4O3S2/c1-24(2)16-9-11-17(12-10-16)25(3)30(26,27)18-13-14-29-19(18)21-22-20(23-28-21)15-7-5-4-6-8-15/h4-14H,1-3H3. The van der Waals surface area contributed by atoms with Gasteiger partial charge in [-0.3, -0.25) is 4.31 Å². The Morgan fingerprint density at radius 3 is 2.23 bits per heavy atom. The summed E-state index contributed by atoms with van der Waals surface area (Å²) < 4.78 is 33.3. The summed E-state index contributed by atoms with van der Waals surface area (Å²) in [6, 6.07) is 18.3. The van der Waals surface area contributed by atoms with Crippen LogP contribution >= 0.6 is 11.3 Å². The first-order valence-corrected chi connectivity index (χ1v) is 11.4. The van der Waals surface area contributed by atoms with Crippen molar-refractivity contribution in [2.24, 2.45) is 0 Å². The molecule has 4 rings (SSSR count). The molecule has 2 aromatic carbocycles. The molecule has 0 amide bonds. The monoisotopic (exact) mass is 440 g/mol. The van der Waals surface area contributed by atoms with E-state index in [1.165, 1.54) is 22.7 Å². The van der Waals surface area contributed by atoms with E-state index in [0.29, 0.717) is 16.4 Å². The molecule has 2 heterocycles. The van der Waals surface area contributed by atoms with E-state index in [1.54, 1.807) is 23.6 Å². The average molecular weight is 441 g/mol. The molecule has 0 radical (unpaired) electrons. The lowest BCUT2D eigenvalue weighted by Gasteiger charge is -2.20. The summed E-state index contributed by atoms with van der Waals surface area (Å²) in [5, 5.41) is 5.71.